The molecule has 0 atom stereocenters. The summed E-state index contributed by atoms with van der Waals surface area (Å²) in [5.74, 6) is 0. The highest BCUT2D eigenvalue weighted by atomic mass is 79.9. The topological polar surface area (TPSA) is 36.7 Å². The molecule has 5 heteroatoms. The predicted octanol–water partition coefficient (Wildman–Crippen LogP) is 3.70. The molecule has 0 aliphatic carbocycles. The van der Waals surface area contributed by atoms with Crippen LogP contribution in [0.4, 0.5) is 0 Å². The van der Waals surface area contributed by atoms with Crippen molar-refractivity contribution in [2.24, 2.45) is 0 Å². The van der Waals surface area contributed by atoms with Gasteiger partial charge in [-0.3, -0.25) is 0 Å². The van der Waals surface area contributed by atoms with Gasteiger partial charge in [0, 0.05) is 15.2 Å². The molecule has 0 aromatic carbocycles. The Morgan fingerprint density at radius 3 is 2.93 bits per heavy atom. The van der Waals surface area contributed by atoms with Crippen LogP contribution < -0.4 is 0 Å². The zero-order valence-corrected chi connectivity index (χ0v) is 10.2. The van der Waals surface area contributed by atoms with E-state index in [1.54, 1.807) is 22.7 Å². The lowest BCUT2D eigenvalue weighted by Crippen LogP contribution is -1.79. The van der Waals surface area contributed by atoms with E-state index in [1.165, 1.54) is 0 Å². The van der Waals surface area contributed by atoms with Crippen LogP contribution in [0.1, 0.15) is 5.69 Å². The summed E-state index contributed by atoms with van der Waals surface area (Å²) in [7, 11) is 0. The third-order valence-corrected chi connectivity index (χ3v) is 4.34. The average Bonchev–Trinajstić information content (AvgIpc) is 2.74. The van der Waals surface area contributed by atoms with Gasteiger partial charge in [-0.1, -0.05) is 0 Å². The molecule has 0 radical (unpaired) electrons. The summed E-state index contributed by atoms with van der Waals surface area (Å²) in [5, 5.41) is 13.5. The maximum absolute atomic E-state index is 8.51. The van der Waals surface area contributed by atoms with Crippen LogP contribution in [0.2, 0.25) is 0 Å². The Balaban J connectivity index is 2.30. The molecule has 0 N–H and O–H groups in total. The molecule has 0 aliphatic rings. The molecule has 0 fully saturated rings. The fraction of sp³-hybridized carbons (Fsp3) is 0.111. The van der Waals surface area contributed by atoms with Crippen LogP contribution in [-0.4, -0.2) is 4.98 Å². The van der Waals surface area contributed by atoms with E-state index in [0.717, 1.165) is 20.1 Å². The first-order valence-electron chi connectivity index (χ1n) is 3.85. The maximum Gasteiger partial charge on any atom is 0.133 e. The highest BCUT2D eigenvalue weighted by Gasteiger charge is 2.06. The third-order valence-electron chi connectivity index (χ3n) is 1.59. The van der Waals surface area contributed by atoms with E-state index < -0.39 is 0 Å². The number of hydrogen-bond donors (Lipinski definition) is 0. The van der Waals surface area contributed by atoms with Crippen molar-refractivity contribution >= 4 is 38.6 Å². The number of thiazole rings is 1. The number of hydrogen-bond acceptors (Lipinski definition) is 4. The second-order valence-electron chi connectivity index (χ2n) is 2.61. The van der Waals surface area contributed by atoms with Gasteiger partial charge in [-0.05, 0) is 22.0 Å². The van der Waals surface area contributed by atoms with Crippen molar-refractivity contribution in [3.63, 3.8) is 0 Å². The SMILES string of the molecule is N#CCc1csc(-c2cc(Br)cs2)n1. The number of rotatable bonds is 2. The Morgan fingerprint density at radius 1 is 1.43 bits per heavy atom. The summed E-state index contributed by atoms with van der Waals surface area (Å²) in [6.45, 7) is 0. The van der Waals surface area contributed by atoms with Crippen LogP contribution in [0.3, 0.4) is 0 Å². The first kappa shape index (κ1) is 9.84. The molecule has 2 nitrogen and oxygen atoms in total. The molecule has 2 aromatic rings. The molecule has 0 bridgehead atoms. The van der Waals surface area contributed by atoms with Crippen LogP contribution in [0.5, 0.6) is 0 Å². The van der Waals surface area contributed by atoms with Crippen molar-refractivity contribution in [3.8, 4) is 16.0 Å². The fourth-order valence-corrected chi connectivity index (χ4v) is 3.33. The van der Waals surface area contributed by atoms with Crippen molar-refractivity contribution in [1.29, 1.82) is 5.26 Å². The maximum atomic E-state index is 8.51. The zero-order valence-electron chi connectivity index (χ0n) is 7.03. The van der Waals surface area contributed by atoms with Crippen LogP contribution in [0.25, 0.3) is 9.88 Å². The van der Waals surface area contributed by atoms with E-state index in [-0.39, 0.29) is 0 Å². The van der Waals surface area contributed by atoms with Gasteiger partial charge in [0.1, 0.15) is 5.01 Å². The van der Waals surface area contributed by atoms with Gasteiger partial charge in [0.25, 0.3) is 0 Å². The second-order valence-corrected chi connectivity index (χ2v) is 5.29. The highest BCUT2D eigenvalue weighted by Crippen LogP contribution is 2.31. The number of nitrogens with zero attached hydrogens (tertiary/aromatic N) is 2. The van der Waals surface area contributed by atoms with E-state index in [9.17, 15) is 0 Å². The van der Waals surface area contributed by atoms with Crippen LogP contribution >= 0.6 is 38.6 Å². The van der Waals surface area contributed by atoms with E-state index in [1.807, 2.05) is 16.8 Å². The summed E-state index contributed by atoms with van der Waals surface area (Å²) in [6, 6.07) is 4.13. The lowest BCUT2D eigenvalue weighted by atomic mass is 10.4. The third kappa shape index (κ3) is 2.03. The minimum Gasteiger partial charge on any atom is -0.239 e. The lowest BCUT2D eigenvalue weighted by molar-refractivity contribution is 1.16. The van der Waals surface area contributed by atoms with E-state index in [4.69, 9.17) is 5.26 Å². The summed E-state index contributed by atoms with van der Waals surface area (Å²) in [5.41, 5.74) is 0.858. The van der Waals surface area contributed by atoms with Crippen molar-refractivity contribution in [3.05, 3.63) is 27.0 Å². The second kappa shape index (κ2) is 4.22. The number of thiophene rings is 1. The molecule has 0 amide bonds. The van der Waals surface area contributed by atoms with Gasteiger partial charge in [-0.15, -0.1) is 22.7 Å². The minimum atomic E-state index is 0.392. The van der Waals surface area contributed by atoms with Crippen molar-refractivity contribution in [2.45, 2.75) is 6.42 Å². The van der Waals surface area contributed by atoms with Gasteiger partial charge in [0.2, 0.25) is 0 Å². The molecule has 2 rings (SSSR count). The molecule has 2 aromatic heterocycles. The van der Waals surface area contributed by atoms with Crippen LogP contribution in [0.15, 0.2) is 21.3 Å². The lowest BCUT2D eigenvalue weighted by Gasteiger charge is -1.86. The van der Waals surface area contributed by atoms with Gasteiger partial charge >= 0.3 is 0 Å². The largest absolute Gasteiger partial charge is 0.239 e. The smallest absolute Gasteiger partial charge is 0.133 e. The zero-order chi connectivity index (χ0) is 9.97. The highest BCUT2D eigenvalue weighted by molar-refractivity contribution is 9.10. The normalized spacial score (nSPS) is 10.0. The average molecular weight is 285 g/mol. The first-order chi connectivity index (χ1) is 6.79. The molecule has 2 heterocycles. The Bertz CT molecular complexity index is 481. The predicted molar refractivity (Wildman–Crippen MR) is 62.4 cm³/mol. The Labute approximate surface area is 98.0 Å². The van der Waals surface area contributed by atoms with Gasteiger partial charge < -0.3 is 0 Å². The monoisotopic (exact) mass is 284 g/mol. The summed E-state index contributed by atoms with van der Waals surface area (Å²) in [4.78, 5) is 5.51. The number of nitriles is 1. The summed E-state index contributed by atoms with van der Waals surface area (Å²) in [6.07, 6.45) is 0.392. The Kier molecular flexibility index (Phi) is 2.96. The summed E-state index contributed by atoms with van der Waals surface area (Å²) < 4.78 is 1.08. The van der Waals surface area contributed by atoms with Crippen molar-refractivity contribution < 1.29 is 0 Å². The molecular weight excluding hydrogens is 280 g/mol. The molecule has 0 saturated carbocycles. The summed E-state index contributed by atoms with van der Waals surface area (Å²) >= 11 is 6.64. The molecule has 14 heavy (non-hydrogen) atoms. The van der Waals surface area contributed by atoms with Gasteiger partial charge in [-0.25, -0.2) is 4.98 Å². The minimum absolute atomic E-state index is 0.392. The van der Waals surface area contributed by atoms with Gasteiger partial charge in [0.15, 0.2) is 0 Å². The number of aromatic nitrogens is 1. The molecule has 0 unspecified atom stereocenters. The molecule has 0 aliphatic heterocycles. The quantitative estimate of drug-likeness (QED) is 0.843. The molecule has 0 spiro atoms. The Morgan fingerprint density at radius 2 is 2.29 bits per heavy atom. The Hall–Kier alpha value is -0.700. The van der Waals surface area contributed by atoms with E-state index in [2.05, 4.69) is 27.0 Å². The number of halogens is 1. The van der Waals surface area contributed by atoms with Crippen molar-refractivity contribution in [2.75, 3.05) is 0 Å². The van der Waals surface area contributed by atoms with Gasteiger partial charge in [0.05, 0.1) is 23.1 Å². The van der Waals surface area contributed by atoms with Crippen LogP contribution in [0, 0.1) is 11.3 Å². The van der Waals surface area contributed by atoms with Crippen molar-refractivity contribution in [1.82, 2.24) is 4.98 Å². The van der Waals surface area contributed by atoms with Crippen LogP contribution in [-0.2, 0) is 6.42 Å². The fourth-order valence-electron chi connectivity index (χ4n) is 1.01. The van der Waals surface area contributed by atoms with E-state index >= 15 is 0 Å². The molecular formula is C9H5BrN2S2. The van der Waals surface area contributed by atoms with Gasteiger partial charge in [-0.2, -0.15) is 5.26 Å². The molecule has 0 saturated heterocycles. The van der Waals surface area contributed by atoms with E-state index in [0.29, 0.717) is 6.42 Å². The molecule has 70 valence electrons. The first-order valence-corrected chi connectivity index (χ1v) is 6.40. The standard InChI is InChI=1S/C9H5BrN2S2/c10-6-3-8(13-4-6)9-12-7(1-2-11)5-14-9/h3-5H,1H2.